The van der Waals surface area contributed by atoms with Crippen molar-refractivity contribution in [3.63, 3.8) is 0 Å². The highest BCUT2D eigenvalue weighted by Crippen LogP contribution is 2.41. The van der Waals surface area contributed by atoms with Gasteiger partial charge in [-0.1, -0.05) is 31.8 Å². The van der Waals surface area contributed by atoms with E-state index < -0.39 is 44.7 Å². The lowest BCUT2D eigenvalue weighted by atomic mass is 10.0. The van der Waals surface area contributed by atoms with Crippen LogP contribution in [0, 0.1) is 12.3 Å². The van der Waals surface area contributed by atoms with Crippen LogP contribution in [0.5, 0.6) is 0 Å². The Kier molecular flexibility index (Phi) is 6.65. The topological polar surface area (TPSA) is 94.9 Å². The Bertz CT molecular complexity index is 621. The van der Waals surface area contributed by atoms with Gasteiger partial charge in [0.1, 0.15) is 24.9 Å². The SMILES string of the molecule is C#CCO[C@H]1[C@H]2OC(C)(C)O[C@H]2O[C@@H]1[C@@H](CO[Si](C)(C)C(C)(C)C)N=[N+]=[N-]. The molecule has 152 valence electrons. The monoisotopic (exact) mass is 397 g/mol. The highest BCUT2D eigenvalue weighted by Gasteiger charge is 2.57. The number of hydrogen-bond donors (Lipinski definition) is 0. The van der Waals surface area contributed by atoms with Crippen molar-refractivity contribution in [3.05, 3.63) is 10.4 Å². The van der Waals surface area contributed by atoms with Crippen molar-refractivity contribution in [1.82, 2.24) is 0 Å². The number of azide groups is 1. The number of ether oxygens (including phenoxy) is 4. The van der Waals surface area contributed by atoms with Gasteiger partial charge in [-0.2, -0.15) is 0 Å². The van der Waals surface area contributed by atoms with Crippen molar-refractivity contribution in [3.8, 4) is 12.3 Å². The highest BCUT2D eigenvalue weighted by atomic mass is 28.4. The molecule has 2 aliphatic heterocycles. The largest absolute Gasteiger partial charge is 0.416 e. The van der Waals surface area contributed by atoms with Gasteiger partial charge in [0.05, 0.1) is 6.04 Å². The van der Waals surface area contributed by atoms with Crippen LogP contribution in [0.25, 0.3) is 10.4 Å². The molecular weight excluding hydrogens is 366 g/mol. The molecule has 0 spiro atoms. The highest BCUT2D eigenvalue weighted by molar-refractivity contribution is 6.74. The standard InChI is InChI=1S/C18H31N3O5Si/c1-9-10-22-14-13(24-16-15(14)25-18(5,6)26-16)12(20-21-19)11-23-27(7,8)17(2,3)4/h1,12-16H,10-11H2,2-8H3/t12-,13-,14-,15-,16-/m1/s1. The number of fused-ring (bicyclic) bond motifs is 1. The molecule has 0 bridgehead atoms. The summed E-state index contributed by atoms with van der Waals surface area (Å²) in [6, 6.07) is -0.576. The number of hydrogen-bond acceptors (Lipinski definition) is 6. The van der Waals surface area contributed by atoms with Crippen molar-refractivity contribution in [2.24, 2.45) is 5.11 Å². The van der Waals surface area contributed by atoms with Crippen LogP contribution in [0.15, 0.2) is 5.11 Å². The molecular formula is C18H31N3O5Si. The lowest BCUT2D eigenvalue weighted by Gasteiger charge is -2.38. The summed E-state index contributed by atoms with van der Waals surface area (Å²) in [5.74, 6) is 1.69. The average Bonchev–Trinajstić information content (AvgIpc) is 3.00. The molecule has 0 aromatic rings. The zero-order valence-corrected chi connectivity index (χ0v) is 18.3. The predicted octanol–water partition coefficient (Wildman–Crippen LogP) is 3.58. The summed E-state index contributed by atoms with van der Waals surface area (Å²) in [7, 11) is -2.02. The summed E-state index contributed by atoms with van der Waals surface area (Å²) < 4.78 is 29.8. The zero-order valence-electron chi connectivity index (χ0n) is 17.3. The molecule has 2 rings (SSSR count). The van der Waals surface area contributed by atoms with Crippen LogP contribution in [-0.4, -0.2) is 58.0 Å². The maximum absolute atomic E-state index is 9.06. The fourth-order valence-electron chi connectivity index (χ4n) is 2.92. The molecule has 5 atom stereocenters. The van der Waals surface area contributed by atoms with Gasteiger partial charge in [-0.05, 0) is 37.5 Å². The second-order valence-corrected chi connectivity index (χ2v) is 13.7. The molecule has 0 aliphatic carbocycles. The Labute approximate surface area is 162 Å². The first kappa shape index (κ1) is 22.2. The van der Waals surface area contributed by atoms with Crippen molar-refractivity contribution in [1.29, 1.82) is 0 Å². The van der Waals surface area contributed by atoms with E-state index in [1.807, 2.05) is 13.8 Å². The molecule has 0 N–H and O–H groups in total. The van der Waals surface area contributed by atoms with Crippen molar-refractivity contribution in [2.45, 2.75) is 89.2 Å². The minimum atomic E-state index is -2.02. The molecule has 0 unspecified atom stereocenters. The maximum Gasteiger partial charge on any atom is 0.191 e. The Hall–Kier alpha value is -1.11. The third-order valence-electron chi connectivity index (χ3n) is 5.39. The van der Waals surface area contributed by atoms with Crippen LogP contribution in [-0.2, 0) is 23.4 Å². The summed E-state index contributed by atoms with van der Waals surface area (Å²) in [4.78, 5) is 2.98. The second kappa shape index (κ2) is 8.09. The third kappa shape index (κ3) is 5.03. The Balaban J connectivity index is 2.17. The predicted molar refractivity (Wildman–Crippen MR) is 103 cm³/mol. The smallest absolute Gasteiger partial charge is 0.191 e. The van der Waals surface area contributed by atoms with Gasteiger partial charge in [0.2, 0.25) is 0 Å². The van der Waals surface area contributed by atoms with E-state index >= 15 is 0 Å². The molecule has 27 heavy (non-hydrogen) atoms. The Morgan fingerprint density at radius 2 is 2.00 bits per heavy atom. The van der Waals surface area contributed by atoms with Gasteiger partial charge in [-0.15, -0.1) is 6.42 Å². The summed E-state index contributed by atoms with van der Waals surface area (Å²) in [5, 5.41) is 3.96. The van der Waals surface area contributed by atoms with E-state index in [1.54, 1.807) is 0 Å². The number of nitrogens with zero attached hydrogens (tertiary/aromatic N) is 3. The number of rotatable bonds is 7. The van der Waals surface area contributed by atoms with Crippen LogP contribution in [0.4, 0.5) is 0 Å². The minimum absolute atomic E-state index is 0.0383. The lowest BCUT2D eigenvalue weighted by Crippen LogP contribution is -2.47. The van der Waals surface area contributed by atoms with Gasteiger partial charge in [0, 0.05) is 11.5 Å². The van der Waals surface area contributed by atoms with Crippen LogP contribution < -0.4 is 0 Å². The van der Waals surface area contributed by atoms with Gasteiger partial charge in [0.25, 0.3) is 0 Å². The van der Waals surface area contributed by atoms with Gasteiger partial charge in [0.15, 0.2) is 20.4 Å². The molecule has 2 heterocycles. The van der Waals surface area contributed by atoms with Crippen LogP contribution >= 0.6 is 0 Å². The van der Waals surface area contributed by atoms with E-state index in [0.29, 0.717) is 0 Å². The van der Waals surface area contributed by atoms with Crippen LogP contribution in [0.3, 0.4) is 0 Å². The molecule has 2 saturated heterocycles. The normalized spacial score (nSPS) is 31.0. The molecule has 2 fully saturated rings. The van der Waals surface area contributed by atoms with E-state index in [9.17, 15) is 0 Å². The molecule has 0 saturated carbocycles. The first-order chi connectivity index (χ1) is 12.4. The van der Waals surface area contributed by atoms with E-state index in [4.69, 9.17) is 35.3 Å². The van der Waals surface area contributed by atoms with Gasteiger partial charge < -0.3 is 23.4 Å². The second-order valence-electron chi connectivity index (χ2n) is 8.89. The van der Waals surface area contributed by atoms with Crippen LogP contribution in [0.2, 0.25) is 18.1 Å². The molecule has 9 heteroatoms. The van der Waals surface area contributed by atoms with Crippen molar-refractivity contribution < 1.29 is 23.4 Å². The molecule has 2 aliphatic rings. The fourth-order valence-corrected chi connectivity index (χ4v) is 3.94. The maximum atomic E-state index is 9.06. The molecule has 0 aromatic carbocycles. The van der Waals surface area contributed by atoms with E-state index in [-0.39, 0.29) is 18.3 Å². The zero-order chi connectivity index (χ0) is 20.5. The first-order valence-electron chi connectivity index (χ1n) is 9.16. The number of terminal acetylenes is 1. The molecule has 0 aromatic heterocycles. The molecule has 0 radical (unpaired) electrons. The van der Waals surface area contributed by atoms with E-state index in [2.05, 4.69) is 49.8 Å². The van der Waals surface area contributed by atoms with Gasteiger partial charge in [-0.25, -0.2) is 0 Å². The summed E-state index contributed by atoms with van der Waals surface area (Å²) in [5.41, 5.74) is 9.06. The first-order valence-corrected chi connectivity index (χ1v) is 12.1. The van der Waals surface area contributed by atoms with Crippen molar-refractivity contribution in [2.75, 3.05) is 13.2 Å². The van der Waals surface area contributed by atoms with Crippen molar-refractivity contribution >= 4 is 8.32 Å². The fraction of sp³-hybridized carbons (Fsp3) is 0.889. The molecule has 8 nitrogen and oxygen atoms in total. The molecule has 0 amide bonds. The average molecular weight is 398 g/mol. The lowest BCUT2D eigenvalue weighted by molar-refractivity contribution is -0.220. The van der Waals surface area contributed by atoms with Gasteiger partial charge in [-0.3, -0.25) is 0 Å². The van der Waals surface area contributed by atoms with Gasteiger partial charge >= 0.3 is 0 Å². The minimum Gasteiger partial charge on any atom is -0.416 e. The summed E-state index contributed by atoms with van der Waals surface area (Å²) in [6.45, 7) is 14.7. The third-order valence-corrected chi connectivity index (χ3v) is 9.89. The van der Waals surface area contributed by atoms with Crippen LogP contribution in [0.1, 0.15) is 34.6 Å². The van der Waals surface area contributed by atoms with E-state index in [1.165, 1.54) is 0 Å². The quantitative estimate of drug-likeness (QED) is 0.215. The Morgan fingerprint density at radius 1 is 1.33 bits per heavy atom. The summed E-state index contributed by atoms with van der Waals surface area (Å²) >= 11 is 0. The van der Waals surface area contributed by atoms with E-state index in [0.717, 1.165) is 0 Å². The summed E-state index contributed by atoms with van der Waals surface area (Å²) in [6.07, 6.45) is 3.24. The Morgan fingerprint density at radius 3 is 2.56 bits per heavy atom.